The van der Waals surface area contributed by atoms with Gasteiger partial charge >= 0.3 is 5.97 Å². The Hall–Kier alpha value is -4.93. The molecule has 11 heteroatoms. The van der Waals surface area contributed by atoms with Crippen molar-refractivity contribution < 1.29 is 33.8 Å². The molecule has 3 aromatic carbocycles. The lowest BCUT2D eigenvalue weighted by Crippen LogP contribution is -2.18. The number of nitro groups is 1. The summed E-state index contributed by atoms with van der Waals surface area (Å²) in [5.41, 5.74) is 2.15. The van der Waals surface area contributed by atoms with Crippen LogP contribution in [0.1, 0.15) is 40.1 Å². The van der Waals surface area contributed by atoms with Crippen LogP contribution < -0.4 is 19.6 Å². The lowest BCUT2D eigenvalue weighted by atomic mass is 10.1. The fourth-order valence-electron chi connectivity index (χ4n) is 3.07. The van der Waals surface area contributed by atoms with Crippen molar-refractivity contribution in [1.82, 2.24) is 5.43 Å². The summed E-state index contributed by atoms with van der Waals surface area (Å²) in [6.45, 7) is 4.38. The van der Waals surface area contributed by atoms with Crippen LogP contribution in [0.15, 0.2) is 65.8 Å². The molecule has 186 valence electrons. The summed E-state index contributed by atoms with van der Waals surface area (Å²) in [7, 11) is 0. The molecule has 0 aliphatic heterocycles. The first-order valence-electron chi connectivity index (χ1n) is 10.9. The number of benzene rings is 3. The zero-order valence-corrected chi connectivity index (χ0v) is 19.5. The predicted octanol–water partition coefficient (Wildman–Crippen LogP) is 4.08. The second-order valence-electron chi connectivity index (χ2n) is 7.11. The van der Waals surface area contributed by atoms with Crippen molar-refractivity contribution in [2.75, 3.05) is 13.2 Å². The summed E-state index contributed by atoms with van der Waals surface area (Å²) in [5.74, 6) is -0.882. The number of nitrogens with one attached hydrogen (secondary N) is 1. The maximum Gasteiger partial charge on any atom is 0.343 e. The minimum Gasteiger partial charge on any atom is -0.507 e. The van der Waals surface area contributed by atoms with Crippen molar-refractivity contribution in [2.45, 2.75) is 13.8 Å². The molecule has 0 heterocycles. The standard InChI is InChI=1S/C25H23N3O8/c1-3-34-22-11-9-16(14-23(22)35-4-2)25(31)36-21-12-10-18(28(32)33)13-17(21)15-26-27-24(30)19-7-5-6-8-20(19)29/h5-15,29H,3-4H2,1-2H3,(H,27,30)/b26-15+. The SMILES string of the molecule is CCOc1ccc(C(=O)Oc2ccc([N+](=O)[O-])cc2/C=N/NC(=O)c2ccccc2O)cc1OCC. The van der Waals surface area contributed by atoms with Crippen molar-refractivity contribution in [3.8, 4) is 23.0 Å². The first-order valence-corrected chi connectivity index (χ1v) is 10.9. The number of rotatable bonds is 10. The number of ether oxygens (including phenoxy) is 3. The molecule has 36 heavy (non-hydrogen) atoms. The second kappa shape index (κ2) is 12.0. The molecule has 0 aliphatic carbocycles. The molecule has 0 atom stereocenters. The Morgan fingerprint density at radius 1 is 1.00 bits per heavy atom. The Bertz CT molecular complexity index is 1310. The van der Waals surface area contributed by atoms with Gasteiger partial charge in [0, 0.05) is 17.7 Å². The Labute approximate surface area is 206 Å². The maximum absolute atomic E-state index is 12.8. The topological polar surface area (TPSA) is 150 Å². The number of amides is 1. The molecule has 2 N–H and O–H groups in total. The third-order valence-corrected chi connectivity index (χ3v) is 4.70. The number of hydrogen-bond acceptors (Lipinski definition) is 9. The van der Waals surface area contributed by atoms with Crippen LogP contribution in [0.25, 0.3) is 0 Å². The van der Waals surface area contributed by atoms with Crippen LogP contribution >= 0.6 is 0 Å². The van der Waals surface area contributed by atoms with Gasteiger partial charge in [0.25, 0.3) is 11.6 Å². The molecule has 0 aromatic heterocycles. The van der Waals surface area contributed by atoms with Gasteiger partial charge in [-0.25, -0.2) is 10.2 Å². The van der Waals surface area contributed by atoms with E-state index >= 15 is 0 Å². The predicted molar refractivity (Wildman–Crippen MR) is 130 cm³/mol. The van der Waals surface area contributed by atoms with Crippen LogP contribution in [0.4, 0.5) is 5.69 Å². The van der Waals surface area contributed by atoms with E-state index in [4.69, 9.17) is 14.2 Å². The number of phenolic OH excluding ortho intramolecular Hbond substituents is 1. The van der Waals surface area contributed by atoms with Gasteiger partial charge in [-0.05, 0) is 50.2 Å². The number of nitrogens with zero attached hydrogens (tertiary/aromatic N) is 2. The third kappa shape index (κ3) is 6.35. The lowest BCUT2D eigenvalue weighted by Gasteiger charge is -2.12. The van der Waals surface area contributed by atoms with Crippen molar-refractivity contribution >= 4 is 23.8 Å². The quantitative estimate of drug-likeness (QED) is 0.141. The molecule has 0 fully saturated rings. The van der Waals surface area contributed by atoms with Crippen LogP contribution in [0, 0.1) is 10.1 Å². The maximum atomic E-state index is 12.8. The van der Waals surface area contributed by atoms with Gasteiger partial charge in [0.2, 0.25) is 0 Å². The molecule has 0 spiro atoms. The molecular formula is C25H23N3O8. The normalized spacial score (nSPS) is 10.6. The van der Waals surface area contributed by atoms with E-state index in [0.717, 1.165) is 12.3 Å². The van der Waals surface area contributed by atoms with Crippen LogP contribution in [0.2, 0.25) is 0 Å². The molecule has 0 unspecified atom stereocenters. The Balaban J connectivity index is 1.84. The average Bonchev–Trinajstić information content (AvgIpc) is 2.86. The number of carbonyl (C=O) groups excluding carboxylic acids is 2. The van der Waals surface area contributed by atoms with Crippen molar-refractivity contribution in [3.63, 3.8) is 0 Å². The molecule has 0 bridgehead atoms. The summed E-state index contributed by atoms with van der Waals surface area (Å²) in [4.78, 5) is 35.7. The summed E-state index contributed by atoms with van der Waals surface area (Å²) < 4.78 is 16.5. The molecular weight excluding hydrogens is 470 g/mol. The third-order valence-electron chi connectivity index (χ3n) is 4.70. The van der Waals surface area contributed by atoms with Crippen molar-refractivity contribution in [1.29, 1.82) is 0 Å². The fourth-order valence-corrected chi connectivity index (χ4v) is 3.07. The van der Waals surface area contributed by atoms with Gasteiger partial charge in [-0.15, -0.1) is 0 Å². The van der Waals surface area contributed by atoms with Crippen molar-refractivity contribution in [3.05, 3.63) is 87.5 Å². The van der Waals surface area contributed by atoms with E-state index in [0.29, 0.717) is 24.7 Å². The van der Waals surface area contributed by atoms with Gasteiger partial charge in [0.1, 0.15) is 11.5 Å². The highest BCUT2D eigenvalue weighted by Gasteiger charge is 2.17. The Kier molecular flexibility index (Phi) is 8.54. The van der Waals surface area contributed by atoms with Crippen LogP contribution in [-0.4, -0.2) is 41.3 Å². The minimum absolute atomic E-state index is 0.0130. The number of esters is 1. The van der Waals surface area contributed by atoms with E-state index in [1.165, 1.54) is 36.4 Å². The highest BCUT2D eigenvalue weighted by atomic mass is 16.6. The van der Waals surface area contributed by atoms with E-state index in [1.807, 2.05) is 6.92 Å². The van der Waals surface area contributed by atoms with Gasteiger partial charge in [-0.2, -0.15) is 5.10 Å². The number of hydrogen-bond donors (Lipinski definition) is 2. The summed E-state index contributed by atoms with van der Waals surface area (Å²) in [5, 5.41) is 24.8. The number of carbonyl (C=O) groups is 2. The van der Waals surface area contributed by atoms with Gasteiger partial charge < -0.3 is 19.3 Å². The largest absolute Gasteiger partial charge is 0.507 e. The molecule has 3 rings (SSSR count). The number of phenols is 1. The molecule has 0 radical (unpaired) electrons. The monoisotopic (exact) mass is 493 g/mol. The number of aromatic hydroxyl groups is 1. The number of non-ortho nitro benzene ring substituents is 1. The smallest absolute Gasteiger partial charge is 0.343 e. The van der Waals surface area contributed by atoms with Crippen molar-refractivity contribution in [2.24, 2.45) is 5.10 Å². The number of hydrazone groups is 1. The summed E-state index contributed by atoms with van der Waals surface area (Å²) in [6.07, 6.45) is 1.09. The van der Waals surface area contributed by atoms with Gasteiger partial charge in [0.05, 0.1) is 35.5 Å². The molecule has 3 aromatic rings. The zero-order chi connectivity index (χ0) is 26.1. The highest BCUT2D eigenvalue weighted by Crippen LogP contribution is 2.30. The summed E-state index contributed by atoms with van der Waals surface area (Å²) >= 11 is 0. The fraction of sp³-hybridized carbons (Fsp3) is 0.160. The first kappa shape index (κ1) is 25.7. The Morgan fingerprint density at radius 3 is 2.39 bits per heavy atom. The van der Waals surface area contributed by atoms with E-state index in [9.17, 15) is 24.8 Å². The van der Waals surface area contributed by atoms with E-state index in [1.54, 1.807) is 25.1 Å². The minimum atomic E-state index is -0.749. The zero-order valence-electron chi connectivity index (χ0n) is 19.5. The van der Waals surface area contributed by atoms with E-state index in [2.05, 4.69) is 10.5 Å². The molecule has 0 aliphatic rings. The second-order valence-corrected chi connectivity index (χ2v) is 7.11. The highest BCUT2D eigenvalue weighted by molar-refractivity contribution is 5.98. The number of nitro benzene ring substituents is 1. The van der Waals surface area contributed by atoms with Crippen LogP contribution in [-0.2, 0) is 0 Å². The van der Waals surface area contributed by atoms with E-state index in [-0.39, 0.29) is 33.9 Å². The Morgan fingerprint density at radius 2 is 1.69 bits per heavy atom. The van der Waals surface area contributed by atoms with Crippen LogP contribution in [0.3, 0.4) is 0 Å². The summed E-state index contributed by atoms with van der Waals surface area (Å²) in [6, 6.07) is 14.0. The number of para-hydroxylation sites is 1. The van der Waals surface area contributed by atoms with E-state index < -0.39 is 16.8 Å². The molecule has 11 nitrogen and oxygen atoms in total. The first-order chi connectivity index (χ1) is 17.3. The van der Waals surface area contributed by atoms with Crippen LogP contribution in [0.5, 0.6) is 23.0 Å². The lowest BCUT2D eigenvalue weighted by molar-refractivity contribution is -0.384. The van der Waals surface area contributed by atoms with Gasteiger partial charge in [0.15, 0.2) is 11.5 Å². The van der Waals surface area contributed by atoms with Gasteiger partial charge in [-0.3, -0.25) is 14.9 Å². The molecule has 0 saturated carbocycles. The van der Waals surface area contributed by atoms with Gasteiger partial charge in [-0.1, -0.05) is 12.1 Å². The molecule has 0 saturated heterocycles. The average molecular weight is 493 g/mol. The molecule has 1 amide bonds.